The minimum Gasteiger partial charge on any atom is -0.756 e. The molecule has 0 heterocycles. The molecular formula is C91H172NO8P. The van der Waals surface area contributed by atoms with Gasteiger partial charge in [0.1, 0.15) is 19.8 Å². The van der Waals surface area contributed by atoms with Crippen LogP contribution in [0.15, 0.2) is 60.8 Å². The van der Waals surface area contributed by atoms with Crippen LogP contribution < -0.4 is 4.89 Å². The average Bonchev–Trinajstić information content (AvgIpc) is 0.958. The van der Waals surface area contributed by atoms with E-state index in [0.29, 0.717) is 17.4 Å². The lowest BCUT2D eigenvalue weighted by molar-refractivity contribution is -0.870. The highest BCUT2D eigenvalue weighted by Gasteiger charge is 2.22. The molecule has 0 amide bonds. The van der Waals surface area contributed by atoms with E-state index in [1.165, 1.54) is 360 Å². The van der Waals surface area contributed by atoms with E-state index in [-0.39, 0.29) is 32.0 Å². The van der Waals surface area contributed by atoms with Gasteiger partial charge in [-0.1, -0.05) is 447 Å². The van der Waals surface area contributed by atoms with Gasteiger partial charge in [-0.15, -0.1) is 0 Å². The SMILES string of the molecule is CC/C=C\C/C=C\C/C=C\C/C=C\C/C=C\CCCCCCCCCCCCCCCCCCCCCCCC(=O)OC(COC(=O)CCCCCCCCCCCCCCCCCCCCCCCCCCCCCCCCCCCCCCCCCC)COP(=O)([O-])OCC[N+](C)(C)C. The normalized spacial score (nSPS) is 13.2. The number of carbonyl (C=O) groups is 2. The minimum absolute atomic E-state index is 0.0280. The van der Waals surface area contributed by atoms with Crippen molar-refractivity contribution >= 4 is 19.8 Å². The first-order valence-electron chi connectivity index (χ1n) is 44.5. The lowest BCUT2D eigenvalue weighted by Crippen LogP contribution is -2.37. The van der Waals surface area contributed by atoms with Gasteiger partial charge in [-0.2, -0.15) is 0 Å². The van der Waals surface area contributed by atoms with Gasteiger partial charge in [-0.3, -0.25) is 14.2 Å². The molecule has 0 aromatic rings. The zero-order valence-electron chi connectivity index (χ0n) is 68.1. The topological polar surface area (TPSA) is 111 Å². The maximum absolute atomic E-state index is 12.9. The predicted octanol–water partition coefficient (Wildman–Crippen LogP) is 29.4. The van der Waals surface area contributed by atoms with Gasteiger partial charge in [0, 0.05) is 12.8 Å². The first-order valence-corrected chi connectivity index (χ1v) is 46.0. The van der Waals surface area contributed by atoms with Crippen molar-refractivity contribution in [2.75, 3.05) is 47.5 Å². The number of hydrogen-bond donors (Lipinski definition) is 0. The molecule has 10 heteroatoms. The number of rotatable bonds is 84. The first kappa shape index (κ1) is 98.7. The van der Waals surface area contributed by atoms with Crippen molar-refractivity contribution in [3.8, 4) is 0 Å². The Morgan fingerprint density at radius 3 is 0.842 bits per heavy atom. The lowest BCUT2D eigenvalue weighted by Gasteiger charge is -2.28. The minimum atomic E-state index is -4.65. The zero-order valence-corrected chi connectivity index (χ0v) is 69.0. The molecule has 0 spiro atoms. The molecule has 0 aliphatic rings. The largest absolute Gasteiger partial charge is 0.756 e. The summed E-state index contributed by atoms with van der Waals surface area (Å²) in [5, 5.41) is 0. The number of phosphoric acid groups is 1. The van der Waals surface area contributed by atoms with Gasteiger partial charge in [-0.25, -0.2) is 0 Å². The molecule has 0 N–H and O–H groups in total. The zero-order chi connectivity index (χ0) is 73.3. The van der Waals surface area contributed by atoms with E-state index in [1.54, 1.807) is 0 Å². The molecule has 2 atom stereocenters. The molecule has 0 aliphatic carbocycles. The number of allylic oxidation sites excluding steroid dienone is 10. The number of hydrogen-bond acceptors (Lipinski definition) is 8. The van der Waals surface area contributed by atoms with Crippen LogP contribution in [0.2, 0.25) is 0 Å². The number of likely N-dealkylation sites (N-methyl/N-ethyl adjacent to an activating group) is 1. The van der Waals surface area contributed by atoms with Crippen LogP contribution in [-0.4, -0.2) is 70.0 Å². The Kier molecular flexibility index (Phi) is 79.9. The molecule has 0 saturated heterocycles. The van der Waals surface area contributed by atoms with E-state index in [9.17, 15) is 19.0 Å². The van der Waals surface area contributed by atoms with Crippen molar-refractivity contribution in [1.82, 2.24) is 0 Å². The third kappa shape index (κ3) is 86.5. The van der Waals surface area contributed by atoms with Crippen molar-refractivity contribution in [2.45, 2.75) is 463 Å². The molecule has 0 aromatic carbocycles. The summed E-state index contributed by atoms with van der Waals surface area (Å²) in [7, 11) is 1.19. The number of quaternary nitrogens is 1. The highest BCUT2D eigenvalue weighted by atomic mass is 31.2. The molecule has 0 aliphatic heterocycles. The summed E-state index contributed by atoms with van der Waals surface area (Å²) in [6.45, 7) is 4.21. The maximum atomic E-state index is 12.9. The van der Waals surface area contributed by atoms with Crippen LogP contribution >= 0.6 is 7.82 Å². The van der Waals surface area contributed by atoms with Gasteiger partial charge in [0.05, 0.1) is 27.7 Å². The van der Waals surface area contributed by atoms with Crippen molar-refractivity contribution < 1.29 is 42.1 Å². The van der Waals surface area contributed by atoms with Crippen molar-refractivity contribution in [3.63, 3.8) is 0 Å². The smallest absolute Gasteiger partial charge is 0.306 e. The highest BCUT2D eigenvalue weighted by Crippen LogP contribution is 2.38. The Hall–Kier alpha value is -2.29. The number of esters is 2. The van der Waals surface area contributed by atoms with Crippen LogP contribution in [0.3, 0.4) is 0 Å². The van der Waals surface area contributed by atoms with Crippen molar-refractivity contribution in [1.29, 1.82) is 0 Å². The summed E-state index contributed by atoms with van der Waals surface area (Å²) in [6, 6.07) is 0. The van der Waals surface area contributed by atoms with Crippen LogP contribution in [0, 0.1) is 0 Å². The molecule has 0 fully saturated rings. The predicted molar refractivity (Wildman–Crippen MR) is 439 cm³/mol. The second kappa shape index (κ2) is 81.8. The van der Waals surface area contributed by atoms with Gasteiger partial charge in [-0.05, 0) is 57.8 Å². The number of ether oxygens (including phenoxy) is 2. The molecule has 594 valence electrons. The molecule has 2 unspecified atom stereocenters. The summed E-state index contributed by atoms with van der Waals surface area (Å²) in [4.78, 5) is 38.3. The third-order valence-corrected chi connectivity index (χ3v) is 21.3. The Morgan fingerprint density at radius 2 is 0.564 bits per heavy atom. The first-order chi connectivity index (χ1) is 49.5. The van der Waals surface area contributed by atoms with Gasteiger partial charge in [0.25, 0.3) is 7.82 Å². The van der Waals surface area contributed by atoms with Gasteiger partial charge in [0.2, 0.25) is 0 Å². The summed E-state index contributed by atoms with van der Waals surface area (Å²) >= 11 is 0. The number of nitrogens with zero attached hydrogens (tertiary/aromatic N) is 1. The monoisotopic (exact) mass is 1440 g/mol. The molecule has 0 bridgehead atoms. The Morgan fingerprint density at radius 1 is 0.317 bits per heavy atom. The fourth-order valence-corrected chi connectivity index (χ4v) is 14.3. The van der Waals surface area contributed by atoms with Gasteiger partial charge in [0.15, 0.2) is 6.10 Å². The molecule has 9 nitrogen and oxygen atoms in total. The Bertz CT molecular complexity index is 1890. The van der Waals surface area contributed by atoms with Crippen LogP contribution in [-0.2, 0) is 32.7 Å². The Labute approximate surface area is 629 Å². The molecular weight excluding hydrogens is 1270 g/mol. The third-order valence-electron chi connectivity index (χ3n) is 20.3. The number of phosphoric ester groups is 1. The molecule has 0 saturated carbocycles. The molecule has 101 heavy (non-hydrogen) atoms. The quantitative estimate of drug-likeness (QED) is 0.0195. The summed E-state index contributed by atoms with van der Waals surface area (Å²) in [5.41, 5.74) is 0. The standard InChI is InChI=1S/C91H172NO8P/c1-6-8-10-12-14-16-18-20-22-24-26-28-30-32-34-36-38-40-42-44-45-46-48-49-51-53-55-57-59-61-63-65-67-69-71-73-75-77-79-81-83-90(93)97-87-89(88-99-101(95,96)98-86-85-92(3,4)5)100-91(94)84-82-80-78-76-74-72-70-68-66-64-62-60-58-56-54-52-50-47-43-41-39-37-35-33-31-29-27-25-23-21-19-17-15-13-11-9-7-2/h9,11,15,17,21,23,27,29,33,35,89H,6-8,10,12-14,16,18-20,22,24-26,28,30-32,34,36-88H2,1-5H3/b11-9-,17-15-,23-21-,29-27-,35-33-. The molecule has 0 radical (unpaired) electrons. The summed E-state index contributed by atoms with van der Waals surface area (Å²) in [6.07, 6.45) is 111. The highest BCUT2D eigenvalue weighted by molar-refractivity contribution is 7.45. The molecule has 0 aromatic heterocycles. The van der Waals surface area contributed by atoms with Crippen LogP contribution in [0.1, 0.15) is 457 Å². The van der Waals surface area contributed by atoms with Crippen LogP contribution in [0.4, 0.5) is 0 Å². The van der Waals surface area contributed by atoms with E-state index in [0.717, 1.165) is 64.2 Å². The number of carbonyl (C=O) groups excluding carboxylic acids is 2. The van der Waals surface area contributed by atoms with Gasteiger partial charge >= 0.3 is 11.9 Å². The van der Waals surface area contributed by atoms with E-state index in [1.807, 2.05) is 21.1 Å². The number of unbranched alkanes of at least 4 members (excludes halogenated alkanes) is 60. The van der Waals surface area contributed by atoms with E-state index >= 15 is 0 Å². The van der Waals surface area contributed by atoms with E-state index in [2.05, 4.69) is 74.6 Å². The second-order valence-corrected chi connectivity index (χ2v) is 33.0. The van der Waals surface area contributed by atoms with Crippen molar-refractivity contribution in [3.05, 3.63) is 60.8 Å². The summed E-state index contributed by atoms with van der Waals surface area (Å²) in [5.74, 6) is -0.807. The van der Waals surface area contributed by atoms with Crippen molar-refractivity contribution in [2.24, 2.45) is 0 Å². The summed E-state index contributed by atoms with van der Waals surface area (Å²) < 4.78 is 34.5. The van der Waals surface area contributed by atoms with E-state index < -0.39 is 26.5 Å². The van der Waals surface area contributed by atoms with Gasteiger partial charge < -0.3 is 27.9 Å². The van der Waals surface area contributed by atoms with E-state index in [4.69, 9.17) is 18.5 Å². The Balaban J connectivity index is 3.84. The van der Waals surface area contributed by atoms with Crippen LogP contribution in [0.5, 0.6) is 0 Å². The van der Waals surface area contributed by atoms with Crippen LogP contribution in [0.25, 0.3) is 0 Å². The fourth-order valence-electron chi connectivity index (χ4n) is 13.6. The maximum Gasteiger partial charge on any atom is 0.306 e. The molecule has 0 rings (SSSR count). The average molecular weight is 1440 g/mol. The fraction of sp³-hybridized carbons (Fsp3) is 0.868. The second-order valence-electron chi connectivity index (χ2n) is 31.6. The lowest BCUT2D eigenvalue weighted by atomic mass is 10.0.